The molecule has 1 N–H and O–H groups in total. The standard InChI is InChI=1S/C19H19NO3S/c21-17(16-15(8-10-24-16)13-5-2-1-3-6-13)20-11-14-7-4-9-19(14,12-20)18(22)23/h1-3,5-6,8,10,14H,4,7,9,11-12H2,(H,22,23)/t14-,19+/m0/s1. The van der Waals surface area contributed by atoms with E-state index in [1.54, 1.807) is 4.90 Å². The number of carbonyl (C=O) groups excluding carboxylic acids is 1. The van der Waals surface area contributed by atoms with Crippen LogP contribution >= 0.6 is 11.3 Å². The van der Waals surface area contributed by atoms with E-state index in [1.165, 1.54) is 11.3 Å². The zero-order valence-electron chi connectivity index (χ0n) is 13.3. The number of fused-ring (bicyclic) bond motifs is 1. The minimum absolute atomic E-state index is 0.0288. The SMILES string of the molecule is O=C(c1sccc1-c1ccccc1)N1C[C@@H]2CCC[C@@]2(C(=O)O)C1. The van der Waals surface area contributed by atoms with Crippen LogP contribution < -0.4 is 0 Å². The molecule has 1 aliphatic heterocycles. The largest absolute Gasteiger partial charge is 0.481 e. The second-order valence-electron chi connectivity index (χ2n) is 6.77. The average molecular weight is 341 g/mol. The van der Waals surface area contributed by atoms with E-state index >= 15 is 0 Å². The van der Waals surface area contributed by atoms with Gasteiger partial charge in [0.1, 0.15) is 0 Å². The predicted octanol–water partition coefficient (Wildman–Crippen LogP) is 3.74. The van der Waals surface area contributed by atoms with Gasteiger partial charge in [-0.2, -0.15) is 0 Å². The van der Waals surface area contributed by atoms with Gasteiger partial charge >= 0.3 is 5.97 Å². The molecule has 0 radical (unpaired) electrons. The quantitative estimate of drug-likeness (QED) is 0.925. The van der Waals surface area contributed by atoms with Crippen LogP contribution in [0.25, 0.3) is 11.1 Å². The summed E-state index contributed by atoms with van der Waals surface area (Å²) in [6.07, 6.45) is 2.55. The molecule has 1 saturated heterocycles. The molecule has 24 heavy (non-hydrogen) atoms. The normalized spacial score (nSPS) is 25.7. The molecular formula is C19H19NO3S. The highest BCUT2D eigenvalue weighted by Gasteiger charge is 2.56. The van der Waals surface area contributed by atoms with Crippen molar-refractivity contribution >= 4 is 23.2 Å². The Labute approximate surface area is 144 Å². The maximum absolute atomic E-state index is 13.0. The van der Waals surface area contributed by atoms with Crippen LogP contribution in [-0.4, -0.2) is 35.0 Å². The van der Waals surface area contributed by atoms with Gasteiger partial charge in [-0.05, 0) is 35.8 Å². The summed E-state index contributed by atoms with van der Waals surface area (Å²) < 4.78 is 0. The highest BCUT2D eigenvalue weighted by molar-refractivity contribution is 7.12. The van der Waals surface area contributed by atoms with E-state index in [0.717, 1.165) is 24.0 Å². The Morgan fingerprint density at radius 2 is 2.00 bits per heavy atom. The third-order valence-electron chi connectivity index (χ3n) is 5.53. The van der Waals surface area contributed by atoms with Crippen LogP contribution in [0.2, 0.25) is 0 Å². The number of hydrogen-bond acceptors (Lipinski definition) is 3. The van der Waals surface area contributed by atoms with Gasteiger partial charge in [-0.25, -0.2) is 0 Å². The molecule has 5 heteroatoms. The lowest BCUT2D eigenvalue weighted by Crippen LogP contribution is -2.37. The third-order valence-corrected chi connectivity index (χ3v) is 6.43. The molecule has 1 aromatic heterocycles. The predicted molar refractivity (Wildman–Crippen MR) is 93.1 cm³/mol. The van der Waals surface area contributed by atoms with Crippen molar-refractivity contribution in [2.45, 2.75) is 19.3 Å². The fourth-order valence-corrected chi connectivity index (χ4v) is 5.14. The second-order valence-corrected chi connectivity index (χ2v) is 7.68. The molecular weight excluding hydrogens is 322 g/mol. The van der Waals surface area contributed by atoms with E-state index in [2.05, 4.69) is 0 Å². The smallest absolute Gasteiger partial charge is 0.311 e. The molecule has 1 aliphatic carbocycles. The van der Waals surface area contributed by atoms with Crippen molar-refractivity contribution in [2.24, 2.45) is 11.3 Å². The Hall–Kier alpha value is -2.14. The van der Waals surface area contributed by atoms with Gasteiger partial charge in [0.15, 0.2) is 0 Å². The molecule has 2 fully saturated rings. The lowest BCUT2D eigenvalue weighted by atomic mass is 9.81. The molecule has 2 heterocycles. The summed E-state index contributed by atoms with van der Waals surface area (Å²) in [4.78, 5) is 27.3. The highest BCUT2D eigenvalue weighted by Crippen LogP contribution is 2.49. The first-order valence-electron chi connectivity index (χ1n) is 8.27. The monoisotopic (exact) mass is 341 g/mol. The topological polar surface area (TPSA) is 57.6 Å². The summed E-state index contributed by atoms with van der Waals surface area (Å²) in [5, 5.41) is 11.6. The van der Waals surface area contributed by atoms with E-state index in [4.69, 9.17) is 0 Å². The molecule has 0 unspecified atom stereocenters. The van der Waals surface area contributed by atoms with E-state index in [1.807, 2.05) is 41.8 Å². The number of rotatable bonds is 3. The first-order chi connectivity index (χ1) is 11.6. The third kappa shape index (κ3) is 2.26. The van der Waals surface area contributed by atoms with Gasteiger partial charge in [0, 0.05) is 18.7 Å². The van der Waals surface area contributed by atoms with Crippen molar-refractivity contribution in [1.29, 1.82) is 0 Å². The van der Waals surface area contributed by atoms with Crippen molar-refractivity contribution in [3.05, 3.63) is 46.7 Å². The van der Waals surface area contributed by atoms with Gasteiger partial charge in [-0.15, -0.1) is 11.3 Å². The molecule has 1 aromatic carbocycles. The van der Waals surface area contributed by atoms with Gasteiger partial charge in [-0.1, -0.05) is 36.8 Å². The summed E-state index contributed by atoms with van der Waals surface area (Å²) in [5.74, 6) is -0.673. The number of benzene rings is 1. The van der Waals surface area contributed by atoms with Crippen LogP contribution in [0.5, 0.6) is 0 Å². The van der Waals surface area contributed by atoms with Crippen LogP contribution in [0, 0.1) is 11.3 Å². The summed E-state index contributed by atoms with van der Waals surface area (Å²) in [6, 6.07) is 11.8. The van der Waals surface area contributed by atoms with E-state index in [0.29, 0.717) is 24.4 Å². The van der Waals surface area contributed by atoms with Crippen molar-refractivity contribution in [1.82, 2.24) is 4.90 Å². The van der Waals surface area contributed by atoms with E-state index in [-0.39, 0.29) is 11.8 Å². The average Bonchev–Trinajstić information content (AvgIpc) is 3.28. The van der Waals surface area contributed by atoms with Gasteiger partial charge < -0.3 is 10.0 Å². The number of carboxylic acid groups (broad SMARTS) is 1. The molecule has 0 spiro atoms. The van der Waals surface area contributed by atoms with E-state index < -0.39 is 11.4 Å². The molecule has 124 valence electrons. The van der Waals surface area contributed by atoms with Crippen LogP contribution in [0.3, 0.4) is 0 Å². The first kappa shape index (κ1) is 15.4. The van der Waals surface area contributed by atoms with Gasteiger partial charge in [-0.3, -0.25) is 9.59 Å². The zero-order valence-corrected chi connectivity index (χ0v) is 14.1. The van der Waals surface area contributed by atoms with Crippen LogP contribution in [0.15, 0.2) is 41.8 Å². The molecule has 2 aromatic rings. The first-order valence-corrected chi connectivity index (χ1v) is 9.15. The minimum Gasteiger partial charge on any atom is -0.481 e. The van der Waals surface area contributed by atoms with Gasteiger partial charge in [0.05, 0.1) is 10.3 Å². The summed E-state index contributed by atoms with van der Waals surface area (Å²) in [6.45, 7) is 0.912. The Morgan fingerprint density at radius 3 is 2.71 bits per heavy atom. The Bertz CT molecular complexity index is 785. The lowest BCUT2D eigenvalue weighted by molar-refractivity contribution is -0.149. The maximum atomic E-state index is 13.0. The Morgan fingerprint density at radius 1 is 1.21 bits per heavy atom. The zero-order chi connectivity index (χ0) is 16.7. The summed E-state index contributed by atoms with van der Waals surface area (Å²) in [7, 11) is 0. The van der Waals surface area contributed by atoms with Crippen molar-refractivity contribution < 1.29 is 14.7 Å². The van der Waals surface area contributed by atoms with Crippen molar-refractivity contribution in [2.75, 3.05) is 13.1 Å². The van der Waals surface area contributed by atoms with E-state index in [9.17, 15) is 14.7 Å². The molecule has 1 saturated carbocycles. The van der Waals surface area contributed by atoms with Crippen LogP contribution in [-0.2, 0) is 4.79 Å². The maximum Gasteiger partial charge on any atom is 0.311 e. The second kappa shape index (κ2) is 5.74. The van der Waals surface area contributed by atoms with Gasteiger partial charge in [0.25, 0.3) is 5.91 Å². The molecule has 2 atom stereocenters. The number of nitrogens with zero attached hydrogens (tertiary/aromatic N) is 1. The highest BCUT2D eigenvalue weighted by atomic mass is 32.1. The Kier molecular flexibility index (Phi) is 3.68. The van der Waals surface area contributed by atoms with Crippen LogP contribution in [0.1, 0.15) is 28.9 Å². The summed E-state index contributed by atoms with van der Waals surface area (Å²) in [5.41, 5.74) is 1.24. The fourth-order valence-electron chi connectivity index (χ4n) is 4.26. The molecule has 4 nitrogen and oxygen atoms in total. The number of hydrogen-bond donors (Lipinski definition) is 1. The molecule has 1 amide bonds. The number of carbonyl (C=O) groups is 2. The lowest BCUT2D eigenvalue weighted by Gasteiger charge is -2.23. The molecule has 4 rings (SSSR count). The van der Waals surface area contributed by atoms with Gasteiger partial charge in [0.2, 0.25) is 0 Å². The van der Waals surface area contributed by atoms with Crippen molar-refractivity contribution in [3.8, 4) is 11.1 Å². The van der Waals surface area contributed by atoms with Crippen LogP contribution in [0.4, 0.5) is 0 Å². The number of aliphatic carboxylic acids is 1. The Balaban J connectivity index is 1.63. The number of thiophene rings is 1. The molecule has 2 aliphatic rings. The number of likely N-dealkylation sites (tertiary alicyclic amines) is 1. The van der Waals surface area contributed by atoms with Crippen molar-refractivity contribution in [3.63, 3.8) is 0 Å². The minimum atomic E-state index is -0.741. The summed E-state index contributed by atoms with van der Waals surface area (Å²) >= 11 is 1.44. The fraction of sp³-hybridized carbons (Fsp3) is 0.368. The molecule has 0 bridgehead atoms. The number of carboxylic acids is 1. The number of amides is 1.